The van der Waals surface area contributed by atoms with Crippen LogP contribution in [0.25, 0.3) is 17.1 Å². The van der Waals surface area contributed by atoms with Crippen LogP contribution in [0.5, 0.6) is 5.75 Å². The maximum atomic E-state index is 14.3. The number of thioether (sulfide) groups is 1. The Bertz CT molecular complexity index is 1690. The second-order valence-corrected chi connectivity index (χ2v) is 10.7. The van der Waals surface area contributed by atoms with E-state index >= 15 is 0 Å². The Labute approximate surface area is 247 Å². The number of anilines is 1. The second-order valence-electron chi connectivity index (χ2n) is 9.73. The monoisotopic (exact) mass is 580 g/mol. The molecule has 1 amide bonds. The Kier molecular flexibility index (Phi) is 8.14. The highest BCUT2D eigenvalue weighted by Gasteiger charge is 2.26. The van der Waals surface area contributed by atoms with Gasteiger partial charge in [0.05, 0.1) is 18.5 Å². The van der Waals surface area contributed by atoms with Crippen LogP contribution in [0.1, 0.15) is 15.9 Å². The molecule has 1 saturated heterocycles. The van der Waals surface area contributed by atoms with E-state index in [1.807, 2.05) is 81.1 Å². The fourth-order valence-electron chi connectivity index (χ4n) is 5.10. The number of para-hydroxylation sites is 3. The van der Waals surface area contributed by atoms with E-state index in [-0.39, 0.29) is 11.7 Å². The van der Waals surface area contributed by atoms with Gasteiger partial charge in [-0.2, -0.15) is 0 Å². The van der Waals surface area contributed by atoms with Gasteiger partial charge in [-0.1, -0.05) is 54.2 Å². The molecule has 0 unspecified atom stereocenters. The second kappa shape index (κ2) is 12.4. The quantitative estimate of drug-likeness (QED) is 0.217. The van der Waals surface area contributed by atoms with Crippen molar-refractivity contribution in [2.24, 2.45) is 0 Å². The molecule has 0 atom stereocenters. The maximum absolute atomic E-state index is 14.3. The number of nitrogens with zero attached hydrogens (tertiary/aromatic N) is 6. The van der Waals surface area contributed by atoms with Gasteiger partial charge >= 0.3 is 0 Å². The van der Waals surface area contributed by atoms with Crippen molar-refractivity contribution in [1.82, 2.24) is 24.6 Å². The summed E-state index contributed by atoms with van der Waals surface area (Å²) in [6.45, 7) is 2.18. The van der Waals surface area contributed by atoms with E-state index in [9.17, 15) is 9.18 Å². The highest BCUT2D eigenvalue weighted by Crippen LogP contribution is 2.34. The summed E-state index contributed by atoms with van der Waals surface area (Å²) in [5.74, 6) is 1.58. The first-order chi connectivity index (χ1) is 20.6. The fourth-order valence-corrected chi connectivity index (χ4v) is 6.05. The molecule has 0 aliphatic carbocycles. The molecule has 1 fully saturated rings. The van der Waals surface area contributed by atoms with E-state index in [4.69, 9.17) is 4.74 Å². The summed E-state index contributed by atoms with van der Waals surface area (Å²) in [5, 5.41) is 9.70. The van der Waals surface area contributed by atoms with Gasteiger partial charge in [-0.05, 0) is 48.0 Å². The smallest absolute Gasteiger partial charge is 0.254 e. The Morgan fingerprint density at radius 1 is 0.881 bits per heavy atom. The molecule has 3 aromatic carbocycles. The summed E-state index contributed by atoms with van der Waals surface area (Å²) >= 11 is 1.50. The van der Waals surface area contributed by atoms with Gasteiger partial charge in [0.2, 0.25) is 0 Å². The van der Waals surface area contributed by atoms with E-state index in [0.717, 1.165) is 16.8 Å². The third-order valence-corrected chi connectivity index (χ3v) is 8.22. The first kappa shape index (κ1) is 27.5. The Balaban J connectivity index is 1.23. The zero-order valence-corrected chi connectivity index (χ0v) is 23.9. The predicted molar refractivity (Wildman–Crippen MR) is 162 cm³/mol. The molecule has 5 aromatic rings. The lowest BCUT2D eigenvalue weighted by Crippen LogP contribution is -2.49. The molecular formula is C32H29FN6O2S. The van der Waals surface area contributed by atoms with Crippen LogP contribution in [-0.4, -0.2) is 63.8 Å². The van der Waals surface area contributed by atoms with Crippen molar-refractivity contribution >= 4 is 23.4 Å². The number of hydrogen-bond acceptors (Lipinski definition) is 7. The normalized spacial score (nSPS) is 13.3. The first-order valence-electron chi connectivity index (χ1n) is 13.6. The average molecular weight is 581 g/mol. The van der Waals surface area contributed by atoms with Gasteiger partial charge in [0.15, 0.2) is 11.0 Å². The number of pyridine rings is 1. The minimum atomic E-state index is -0.243. The number of amides is 1. The Hall–Kier alpha value is -4.70. The van der Waals surface area contributed by atoms with Crippen molar-refractivity contribution in [3.8, 4) is 22.8 Å². The van der Waals surface area contributed by atoms with Crippen molar-refractivity contribution in [3.05, 3.63) is 114 Å². The summed E-state index contributed by atoms with van der Waals surface area (Å²) in [7, 11) is 1.64. The molecule has 0 saturated carbocycles. The third-order valence-electron chi connectivity index (χ3n) is 7.24. The third kappa shape index (κ3) is 5.58. The molecule has 42 heavy (non-hydrogen) atoms. The fraction of sp³-hybridized carbons (Fsp3) is 0.188. The largest absolute Gasteiger partial charge is 0.495 e. The molecular weight excluding hydrogens is 551 g/mol. The van der Waals surface area contributed by atoms with E-state index in [1.165, 1.54) is 17.8 Å². The number of rotatable bonds is 8. The SMILES string of the molecule is COc1ccccc1-n1c(SCc2ccccc2C(=O)N2CCN(c3ccccc3F)CC2)nnc1-c1cccnc1. The van der Waals surface area contributed by atoms with Gasteiger partial charge < -0.3 is 14.5 Å². The highest BCUT2D eigenvalue weighted by molar-refractivity contribution is 7.98. The van der Waals surface area contributed by atoms with Gasteiger partial charge in [-0.3, -0.25) is 14.3 Å². The Morgan fingerprint density at radius 3 is 2.38 bits per heavy atom. The summed E-state index contributed by atoms with van der Waals surface area (Å²) in [5.41, 5.74) is 3.77. The molecule has 6 rings (SSSR count). The lowest BCUT2D eigenvalue weighted by Gasteiger charge is -2.36. The van der Waals surface area contributed by atoms with Crippen LogP contribution < -0.4 is 9.64 Å². The number of carbonyl (C=O) groups excluding carboxylic acids is 1. The Morgan fingerprint density at radius 2 is 1.62 bits per heavy atom. The summed E-state index contributed by atoms with van der Waals surface area (Å²) in [4.78, 5) is 21.8. The van der Waals surface area contributed by atoms with Crippen LogP contribution in [-0.2, 0) is 5.75 Å². The van der Waals surface area contributed by atoms with E-state index in [1.54, 1.807) is 31.6 Å². The van der Waals surface area contributed by atoms with Gasteiger partial charge in [0.25, 0.3) is 5.91 Å². The zero-order chi connectivity index (χ0) is 28.9. The molecule has 3 heterocycles. The molecule has 8 nitrogen and oxygen atoms in total. The average Bonchev–Trinajstić information content (AvgIpc) is 3.48. The molecule has 1 aliphatic heterocycles. The van der Waals surface area contributed by atoms with E-state index in [2.05, 4.69) is 15.2 Å². The lowest BCUT2D eigenvalue weighted by molar-refractivity contribution is 0.0746. The number of hydrogen-bond donors (Lipinski definition) is 0. The summed E-state index contributed by atoms with van der Waals surface area (Å²) < 4.78 is 21.9. The summed E-state index contributed by atoms with van der Waals surface area (Å²) in [6, 6.07) is 26.0. The molecule has 1 aliphatic rings. The summed E-state index contributed by atoms with van der Waals surface area (Å²) in [6.07, 6.45) is 3.47. The number of piperazine rings is 1. The number of aromatic nitrogens is 4. The topological polar surface area (TPSA) is 76.4 Å². The standard InChI is InChI=1S/C32H29FN6O2S/c1-41-29-15-7-6-14-28(29)39-30(23-10-8-16-34-21-23)35-36-32(39)42-22-24-9-2-3-11-25(24)31(40)38-19-17-37(18-20-38)27-13-5-4-12-26(27)33/h2-16,21H,17-20,22H2,1H3. The highest BCUT2D eigenvalue weighted by atomic mass is 32.2. The van der Waals surface area contributed by atoms with Crippen molar-refractivity contribution in [1.29, 1.82) is 0 Å². The molecule has 0 N–H and O–H groups in total. The van der Waals surface area contributed by atoms with Crippen molar-refractivity contribution in [3.63, 3.8) is 0 Å². The van der Waals surface area contributed by atoms with Gasteiger partial charge in [0, 0.05) is 55.5 Å². The number of methoxy groups -OCH3 is 1. The van der Waals surface area contributed by atoms with Gasteiger partial charge in [-0.25, -0.2) is 4.39 Å². The van der Waals surface area contributed by atoms with Crippen LogP contribution in [0.15, 0.2) is 102 Å². The van der Waals surface area contributed by atoms with E-state index in [0.29, 0.717) is 59.9 Å². The number of benzene rings is 3. The molecule has 0 bridgehead atoms. The number of carbonyl (C=O) groups is 1. The molecule has 212 valence electrons. The predicted octanol–water partition coefficient (Wildman–Crippen LogP) is 5.73. The van der Waals surface area contributed by atoms with Gasteiger partial charge in [-0.15, -0.1) is 10.2 Å². The van der Waals surface area contributed by atoms with E-state index < -0.39 is 0 Å². The van der Waals surface area contributed by atoms with Crippen LogP contribution in [0.3, 0.4) is 0 Å². The van der Waals surface area contributed by atoms with Crippen LogP contribution in [0, 0.1) is 5.82 Å². The molecule has 0 spiro atoms. The molecule has 2 aromatic heterocycles. The van der Waals surface area contributed by atoms with Crippen molar-refractivity contribution in [2.75, 3.05) is 38.2 Å². The van der Waals surface area contributed by atoms with Crippen molar-refractivity contribution in [2.45, 2.75) is 10.9 Å². The minimum absolute atomic E-state index is 0.0263. The minimum Gasteiger partial charge on any atom is -0.495 e. The molecule has 10 heteroatoms. The maximum Gasteiger partial charge on any atom is 0.254 e. The van der Waals surface area contributed by atoms with Crippen LogP contribution in [0.2, 0.25) is 0 Å². The molecule has 0 radical (unpaired) electrons. The number of ether oxygens (including phenoxy) is 1. The number of halogens is 1. The first-order valence-corrected chi connectivity index (χ1v) is 14.6. The zero-order valence-electron chi connectivity index (χ0n) is 23.1. The van der Waals surface area contributed by atoms with Gasteiger partial charge in [0.1, 0.15) is 11.6 Å². The van der Waals surface area contributed by atoms with Crippen LogP contribution in [0.4, 0.5) is 10.1 Å². The lowest BCUT2D eigenvalue weighted by atomic mass is 10.1. The van der Waals surface area contributed by atoms with Crippen molar-refractivity contribution < 1.29 is 13.9 Å². The van der Waals surface area contributed by atoms with Crippen LogP contribution >= 0.6 is 11.8 Å².